The first-order chi connectivity index (χ1) is 8.97. The summed E-state index contributed by atoms with van der Waals surface area (Å²) in [5.41, 5.74) is 0.786. The predicted octanol–water partition coefficient (Wildman–Crippen LogP) is 2.17. The van der Waals surface area contributed by atoms with Crippen molar-refractivity contribution < 1.29 is 9.59 Å². The molecule has 102 valence electrons. The highest BCUT2D eigenvalue weighted by Gasteiger charge is 2.33. The van der Waals surface area contributed by atoms with Gasteiger partial charge in [-0.15, -0.1) is 0 Å². The van der Waals surface area contributed by atoms with E-state index < -0.39 is 6.04 Å². The number of nitrogens with zero attached hydrogens (tertiary/aromatic N) is 1. The van der Waals surface area contributed by atoms with Gasteiger partial charge >= 0.3 is 0 Å². The Hall–Kier alpha value is -1.11. The number of hydrogen-bond donors (Lipinski definition) is 1. The summed E-state index contributed by atoms with van der Waals surface area (Å²) >= 11 is 2.21. The van der Waals surface area contributed by atoms with E-state index in [0.29, 0.717) is 12.3 Å². The van der Waals surface area contributed by atoms with Crippen LogP contribution in [-0.2, 0) is 9.59 Å². The van der Waals surface area contributed by atoms with Crippen molar-refractivity contribution in [2.24, 2.45) is 5.92 Å². The average Bonchev–Trinajstić information content (AvgIpc) is 2.34. The Balaban J connectivity index is 2.21. The number of halogens is 1. The molecule has 2 rings (SSSR count). The number of rotatable bonds is 3. The summed E-state index contributed by atoms with van der Waals surface area (Å²) in [5.74, 6) is 0.254. The lowest BCUT2D eigenvalue weighted by Gasteiger charge is -2.33. The second-order valence-corrected chi connectivity index (χ2v) is 6.40. The predicted molar refractivity (Wildman–Crippen MR) is 82.9 cm³/mol. The molecule has 1 aromatic carbocycles. The van der Waals surface area contributed by atoms with E-state index in [4.69, 9.17) is 0 Å². The number of carbonyl (C=O) groups is 2. The number of carbonyl (C=O) groups excluding carboxylic acids is 2. The maximum absolute atomic E-state index is 12.4. The monoisotopic (exact) mass is 372 g/mol. The zero-order valence-corrected chi connectivity index (χ0v) is 13.2. The summed E-state index contributed by atoms with van der Waals surface area (Å²) in [4.78, 5) is 25.7. The van der Waals surface area contributed by atoms with Crippen molar-refractivity contribution in [3.63, 3.8) is 0 Å². The zero-order chi connectivity index (χ0) is 14.0. The maximum atomic E-state index is 12.4. The standard InChI is InChI=1S/C14H17IN2O2/c1-9(2)7-12-14(19)17(8-13(18)16-12)11-5-3-10(15)4-6-11/h3-6,9,12H,7-8H2,1-2H3,(H,16,18). The van der Waals surface area contributed by atoms with Gasteiger partial charge in [0, 0.05) is 9.26 Å². The largest absolute Gasteiger partial charge is 0.343 e. The second-order valence-electron chi connectivity index (χ2n) is 5.15. The summed E-state index contributed by atoms with van der Waals surface area (Å²) in [7, 11) is 0. The fourth-order valence-corrected chi connectivity index (χ4v) is 2.54. The van der Waals surface area contributed by atoms with Crippen LogP contribution in [0.5, 0.6) is 0 Å². The Kier molecular flexibility index (Phi) is 4.44. The Morgan fingerprint density at radius 1 is 1.32 bits per heavy atom. The number of nitrogens with one attached hydrogen (secondary N) is 1. The normalized spacial score (nSPS) is 19.8. The maximum Gasteiger partial charge on any atom is 0.250 e. The SMILES string of the molecule is CC(C)CC1NC(=O)CN(c2ccc(I)cc2)C1=O. The van der Waals surface area contributed by atoms with E-state index in [1.807, 2.05) is 38.1 Å². The number of benzene rings is 1. The minimum atomic E-state index is -0.402. The third-order valence-electron chi connectivity index (χ3n) is 3.05. The number of anilines is 1. The fourth-order valence-electron chi connectivity index (χ4n) is 2.18. The van der Waals surface area contributed by atoms with Crippen LogP contribution in [-0.4, -0.2) is 24.4 Å². The van der Waals surface area contributed by atoms with Gasteiger partial charge in [-0.25, -0.2) is 0 Å². The third-order valence-corrected chi connectivity index (χ3v) is 3.77. The van der Waals surface area contributed by atoms with E-state index in [2.05, 4.69) is 27.9 Å². The highest BCUT2D eigenvalue weighted by Crippen LogP contribution is 2.20. The van der Waals surface area contributed by atoms with E-state index in [0.717, 1.165) is 9.26 Å². The van der Waals surface area contributed by atoms with Crippen LogP contribution in [0, 0.1) is 9.49 Å². The molecule has 1 aliphatic heterocycles. The van der Waals surface area contributed by atoms with E-state index in [1.54, 1.807) is 4.90 Å². The van der Waals surface area contributed by atoms with Crippen LogP contribution in [0.1, 0.15) is 20.3 Å². The molecule has 1 aromatic rings. The Labute approximate surface area is 126 Å². The van der Waals surface area contributed by atoms with Crippen LogP contribution in [0.15, 0.2) is 24.3 Å². The minimum absolute atomic E-state index is 0.0190. The van der Waals surface area contributed by atoms with Gasteiger partial charge in [0.15, 0.2) is 0 Å². The molecule has 0 spiro atoms. The zero-order valence-electron chi connectivity index (χ0n) is 11.0. The second kappa shape index (κ2) is 5.90. The Bertz CT molecular complexity index is 485. The van der Waals surface area contributed by atoms with Crippen molar-refractivity contribution in [1.29, 1.82) is 0 Å². The van der Waals surface area contributed by atoms with Gasteiger partial charge in [-0.2, -0.15) is 0 Å². The van der Waals surface area contributed by atoms with Crippen LogP contribution in [0.4, 0.5) is 5.69 Å². The van der Waals surface area contributed by atoms with Gasteiger partial charge in [-0.1, -0.05) is 13.8 Å². The fraction of sp³-hybridized carbons (Fsp3) is 0.429. The molecule has 1 aliphatic rings. The van der Waals surface area contributed by atoms with Crippen LogP contribution >= 0.6 is 22.6 Å². The van der Waals surface area contributed by atoms with Gasteiger partial charge < -0.3 is 10.2 Å². The van der Waals surface area contributed by atoms with Crippen molar-refractivity contribution in [3.05, 3.63) is 27.8 Å². The molecular formula is C14H17IN2O2. The molecule has 1 N–H and O–H groups in total. The molecule has 1 fully saturated rings. The van der Waals surface area contributed by atoms with Crippen molar-refractivity contribution in [3.8, 4) is 0 Å². The topological polar surface area (TPSA) is 49.4 Å². The molecule has 1 unspecified atom stereocenters. The molecule has 1 heterocycles. The Morgan fingerprint density at radius 2 is 1.95 bits per heavy atom. The first-order valence-electron chi connectivity index (χ1n) is 6.33. The Morgan fingerprint density at radius 3 is 2.53 bits per heavy atom. The average molecular weight is 372 g/mol. The minimum Gasteiger partial charge on any atom is -0.343 e. The van der Waals surface area contributed by atoms with Crippen molar-refractivity contribution in [2.75, 3.05) is 11.4 Å². The molecule has 0 aromatic heterocycles. The smallest absolute Gasteiger partial charge is 0.250 e. The molecule has 1 saturated heterocycles. The number of piperazine rings is 1. The molecule has 0 radical (unpaired) electrons. The quantitative estimate of drug-likeness (QED) is 0.827. The lowest BCUT2D eigenvalue weighted by atomic mass is 10.0. The van der Waals surface area contributed by atoms with E-state index >= 15 is 0 Å². The summed E-state index contributed by atoms with van der Waals surface area (Å²) in [5, 5.41) is 2.78. The van der Waals surface area contributed by atoms with Crippen molar-refractivity contribution in [2.45, 2.75) is 26.3 Å². The van der Waals surface area contributed by atoms with E-state index in [1.165, 1.54) is 0 Å². The van der Waals surface area contributed by atoms with Gasteiger partial charge in [-0.05, 0) is 59.2 Å². The van der Waals surface area contributed by atoms with Gasteiger partial charge in [0.1, 0.15) is 12.6 Å². The number of hydrogen-bond acceptors (Lipinski definition) is 2. The lowest BCUT2D eigenvalue weighted by Crippen LogP contribution is -2.58. The molecule has 2 amide bonds. The molecule has 0 saturated carbocycles. The van der Waals surface area contributed by atoms with Crippen LogP contribution in [0.25, 0.3) is 0 Å². The lowest BCUT2D eigenvalue weighted by molar-refractivity contribution is -0.131. The summed E-state index contributed by atoms with van der Waals surface area (Å²) < 4.78 is 1.11. The van der Waals surface area contributed by atoms with E-state index in [-0.39, 0.29) is 18.4 Å². The van der Waals surface area contributed by atoms with E-state index in [9.17, 15) is 9.59 Å². The molecule has 1 atom stereocenters. The molecule has 0 bridgehead atoms. The van der Waals surface area contributed by atoms with Gasteiger partial charge in [-0.3, -0.25) is 9.59 Å². The molecule has 19 heavy (non-hydrogen) atoms. The molecule has 4 nitrogen and oxygen atoms in total. The van der Waals surface area contributed by atoms with Crippen molar-refractivity contribution >= 4 is 40.1 Å². The first-order valence-corrected chi connectivity index (χ1v) is 7.41. The molecular weight excluding hydrogens is 355 g/mol. The highest BCUT2D eigenvalue weighted by atomic mass is 127. The third kappa shape index (κ3) is 3.46. The van der Waals surface area contributed by atoms with Gasteiger partial charge in [0.25, 0.3) is 0 Å². The molecule has 5 heteroatoms. The summed E-state index contributed by atoms with van der Waals surface area (Å²) in [6.07, 6.45) is 0.672. The first kappa shape index (κ1) is 14.3. The van der Waals surface area contributed by atoms with Crippen LogP contribution in [0.3, 0.4) is 0 Å². The van der Waals surface area contributed by atoms with Gasteiger partial charge in [0.05, 0.1) is 0 Å². The van der Waals surface area contributed by atoms with Gasteiger partial charge in [0.2, 0.25) is 11.8 Å². The number of amides is 2. The highest BCUT2D eigenvalue weighted by molar-refractivity contribution is 14.1. The van der Waals surface area contributed by atoms with Crippen LogP contribution in [0.2, 0.25) is 0 Å². The van der Waals surface area contributed by atoms with Crippen LogP contribution < -0.4 is 10.2 Å². The summed E-state index contributed by atoms with van der Waals surface area (Å²) in [6, 6.07) is 7.23. The summed E-state index contributed by atoms with van der Waals surface area (Å²) in [6.45, 7) is 4.19. The molecule has 0 aliphatic carbocycles. The van der Waals surface area contributed by atoms with Crippen molar-refractivity contribution in [1.82, 2.24) is 5.32 Å².